The largest absolute Gasteiger partial charge is 0.358 e. The SMILES string of the molecule is Cc1ccc(NC(=O)CSC(=S)N2CCCC2)c(F)c1. The molecule has 3 nitrogen and oxygen atoms in total. The second-order valence-corrected chi connectivity index (χ2v) is 6.39. The predicted octanol–water partition coefficient (Wildman–Crippen LogP) is 3.19. The van der Waals surface area contributed by atoms with Crippen molar-refractivity contribution in [1.29, 1.82) is 0 Å². The second-order valence-electron chi connectivity index (χ2n) is 4.78. The van der Waals surface area contributed by atoms with Gasteiger partial charge in [-0.2, -0.15) is 0 Å². The summed E-state index contributed by atoms with van der Waals surface area (Å²) < 4.78 is 14.4. The lowest BCUT2D eigenvalue weighted by Crippen LogP contribution is -2.25. The number of thioether (sulfide) groups is 1. The van der Waals surface area contributed by atoms with Gasteiger partial charge in [-0.15, -0.1) is 0 Å². The van der Waals surface area contributed by atoms with Gasteiger partial charge in [-0.05, 0) is 37.5 Å². The molecule has 20 heavy (non-hydrogen) atoms. The molecule has 0 radical (unpaired) electrons. The number of likely N-dealkylation sites (tertiary alicyclic amines) is 1. The number of carbonyl (C=O) groups excluding carboxylic acids is 1. The number of carbonyl (C=O) groups is 1. The van der Waals surface area contributed by atoms with Gasteiger partial charge in [-0.25, -0.2) is 4.39 Å². The van der Waals surface area contributed by atoms with Crippen LogP contribution in [0.15, 0.2) is 18.2 Å². The number of benzene rings is 1. The summed E-state index contributed by atoms with van der Waals surface area (Å²) in [7, 11) is 0. The summed E-state index contributed by atoms with van der Waals surface area (Å²) in [4.78, 5) is 13.9. The van der Waals surface area contributed by atoms with Gasteiger partial charge >= 0.3 is 0 Å². The van der Waals surface area contributed by atoms with E-state index in [4.69, 9.17) is 12.2 Å². The van der Waals surface area contributed by atoms with E-state index in [0.29, 0.717) is 0 Å². The summed E-state index contributed by atoms with van der Waals surface area (Å²) in [6.07, 6.45) is 2.31. The molecule has 0 spiro atoms. The van der Waals surface area contributed by atoms with Crippen LogP contribution in [0.5, 0.6) is 0 Å². The predicted molar refractivity (Wildman–Crippen MR) is 85.6 cm³/mol. The molecule has 1 fully saturated rings. The Balaban J connectivity index is 1.81. The third kappa shape index (κ3) is 4.18. The fourth-order valence-electron chi connectivity index (χ4n) is 2.03. The maximum Gasteiger partial charge on any atom is 0.234 e. The van der Waals surface area contributed by atoms with Crippen LogP contribution in [0.3, 0.4) is 0 Å². The zero-order valence-corrected chi connectivity index (χ0v) is 13.0. The number of halogens is 1. The van der Waals surface area contributed by atoms with Gasteiger partial charge in [0, 0.05) is 13.1 Å². The van der Waals surface area contributed by atoms with Crippen molar-refractivity contribution in [3.05, 3.63) is 29.6 Å². The van der Waals surface area contributed by atoms with Crippen LogP contribution in [0, 0.1) is 12.7 Å². The van der Waals surface area contributed by atoms with Crippen LogP contribution in [0.25, 0.3) is 0 Å². The first kappa shape index (κ1) is 15.3. The molecule has 1 aliphatic rings. The van der Waals surface area contributed by atoms with Gasteiger partial charge in [0.1, 0.15) is 10.1 Å². The molecule has 0 bridgehead atoms. The Labute approximate surface area is 127 Å². The lowest BCUT2D eigenvalue weighted by molar-refractivity contribution is -0.113. The van der Waals surface area contributed by atoms with E-state index in [2.05, 4.69) is 10.2 Å². The van der Waals surface area contributed by atoms with Gasteiger partial charge in [-0.1, -0.05) is 30.0 Å². The van der Waals surface area contributed by atoms with Crippen molar-refractivity contribution in [2.24, 2.45) is 0 Å². The van der Waals surface area contributed by atoms with E-state index in [0.717, 1.165) is 35.8 Å². The fraction of sp³-hybridized carbons (Fsp3) is 0.429. The molecule has 1 heterocycles. The van der Waals surface area contributed by atoms with Crippen LogP contribution in [0.1, 0.15) is 18.4 Å². The summed E-state index contributed by atoms with van der Waals surface area (Å²) in [5, 5.41) is 2.57. The van der Waals surface area contributed by atoms with Crippen LogP contribution in [-0.4, -0.2) is 34.0 Å². The van der Waals surface area contributed by atoms with Gasteiger partial charge in [0.15, 0.2) is 0 Å². The number of anilines is 1. The van der Waals surface area contributed by atoms with E-state index in [1.807, 2.05) is 0 Å². The average molecular weight is 312 g/mol. The van der Waals surface area contributed by atoms with E-state index in [1.165, 1.54) is 17.8 Å². The second kappa shape index (κ2) is 7.04. The van der Waals surface area contributed by atoms with Crippen molar-refractivity contribution in [3.63, 3.8) is 0 Å². The first-order chi connectivity index (χ1) is 9.56. The highest BCUT2D eigenvalue weighted by Crippen LogP contribution is 2.18. The van der Waals surface area contributed by atoms with Gasteiger partial charge < -0.3 is 10.2 Å². The topological polar surface area (TPSA) is 32.3 Å². The molecule has 1 aliphatic heterocycles. The smallest absolute Gasteiger partial charge is 0.234 e. The molecule has 0 unspecified atom stereocenters. The zero-order chi connectivity index (χ0) is 14.5. The van der Waals surface area contributed by atoms with Crippen LogP contribution < -0.4 is 5.32 Å². The number of thiocarbonyl (C=S) groups is 1. The number of nitrogens with zero attached hydrogens (tertiary/aromatic N) is 1. The van der Waals surface area contributed by atoms with E-state index in [9.17, 15) is 9.18 Å². The van der Waals surface area contributed by atoms with Crippen LogP contribution in [0.2, 0.25) is 0 Å². The first-order valence-electron chi connectivity index (χ1n) is 6.54. The minimum absolute atomic E-state index is 0.211. The van der Waals surface area contributed by atoms with Gasteiger partial charge in [0.2, 0.25) is 5.91 Å². The minimum Gasteiger partial charge on any atom is -0.358 e. The number of hydrogen-bond donors (Lipinski definition) is 1. The average Bonchev–Trinajstić information content (AvgIpc) is 2.93. The monoisotopic (exact) mass is 312 g/mol. The highest BCUT2D eigenvalue weighted by atomic mass is 32.2. The number of hydrogen-bond acceptors (Lipinski definition) is 3. The van der Waals surface area contributed by atoms with Crippen molar-refractivity contribution in [2.45, 2.75) is 19.8 Å². The Morgan fingerprint density at radius 2 is 2.15 bits per heavy atom. The normalized spacial score (nSPS) is 14.4. The molecule has 1 amide bonds. The fourth-order valence-corrected chi connectivity index (χ4v) is 3.08. The summed E-state index contributed by atoms with van der Waals surface area (Å²) in [5.41, 5.74) is 1.04. The molecule has 1 aromatic carbocycles. The van der Waals surface area contributed by atoms with Crippen molar-refractivity contribution in [2.75, 3.05) is 24.2 Å². The molecule has 1 aromatic rings. The maximum absolute atomic E-state index is 13.6. The van der Waals surface area contributed by atoms with Gasteiger partial charge in [0.25, 0.3) is 0 Å². The quantitative estimate of drug-likeness (QED) is 0.869. The zero-order valence-electron chi connectivity index (χ0n) is 11.3. The van der Waals surface area contributed by atoms with Crippen LogP contribution in [0.4, 0.5) is 10.1 Å². The number of nitrogens with one attached hydrogen (secondary N) is 1. The summed E-state index contributed by atoms with van der Waals surface area (Å²) in [6.45, 7) is 3.75. The molecule has 108 valence electrons. The third-order valence-corrected chi connectivity index (χ3v) is 4.61. The number of aryl methyl sites for hydroxylation is 1. The summed E-state index contributed by atoms with van der Waals surface area (Å²) in [5.74, 6) is -0.437. The highest BCUT2D eigenvalue weighted by Gasteiger charge is 2.16. The molecular formula is C14H17FN2OS2. The third-order valence-electron chi connectivity index (χ3n) is 3.09. The lowest BCUT2D eigenvalue weighted by atomic mass is 10.2. The molecule has 1 N–H and O–H groups in total. The lowest BCUT2D eigenvalue weighted by Gasteiger charge is -2.17. The maximum atomic E-state index is 13.6. The Bertz CT molecular complexity index is 516. The van der Waals surface area contributed by atoms with Crippen LogP contribution >= 0.6 is 24.0 Å². The van der Waals surface area contributed by atoms with Crippen LogP contribution in [-0.2, 0) is 4.79 Å². The molecule has 6 heteroatoms. The summed E-state index contributed by atoms with van der Waals surface area (Å²) >= 11 is 6.61. The summed E-state index contributed by atoms with van der Waals surface area (Å²) in [6, 6.07) is 4.74. The van der Waals surface area contributed by atoms with Crippen molar-refractivity contribution < 1.29 is 9.18 Å². The Kier molecular flexibility index (Phi) is 5.37. The molecule has 0 atom stereocenters. The van der Waals surface area contributed by atoms with Crippen molar-refractivity contribution in [3.8, 4) is 0 Å². The molecule has 1 saturated heterocycles. The molecule has 0 aliphatic carbocycles. The van der Waals surface area contributed by atoms with Gasteiger partial charge in [-0.3, -0.25) is 4.79 Å². The standard InChI is InChI=1S/C14H17FN2OS2/c1-10-4-5-12(11(15)8-10)16-13(18)9-20-14(19)17-6-2-3-7-17/h4-5,8H,2-3,6-7,9H2,1H3,(H,16,18). The first-order valence-corrected chi connectivity index (χ1v) is 7.93. The van der Waals surface area contributed by atoms with Crippen molar-refractivity contribution >= 4 is 39.9 Å². The van der Waals surface area contributed by atoms with Gasteiger partial charge in [0.05, 0.1) is 11.4 Å². The number of amides is 1. The molecule has 2 rings (SSSR count). The van der Waals surface area contributed by atoms with E-state index < -0.39 is 5.82 Å². The Morgan fingerprint density at radius 3 is 2.80 bits per heavy atom. The molecular weight excluding hydrogens is 295 g/mol. The van der Waals surface area contributed by atoms with E-state index in [-0.39, 0.29) is 17.3 Å². The minimum atomic E-state index is -0.412. The van der Waals surface area contributed by atoms with E-state index in [1.54, 1.807) is 19.1 Å². The number of rotatable bonds is 3. The Morgan fingerprint density at radius 1 is 1.45 bits per heavy atom. The van der Waals surface area contributed by atoms with Crippen molar-refractivity contribution in [1.82, 2.24) is 4.90 Å². The molecule has 0 aromatic heterocycles. The highest BCUT2D eigenvalue weighted by molar-refractivity contribution is 8.23. The Hall–Kier alpha value is -1.14. The van der Waals surface area contributed by atoms with E-state index >= 15 is 0 Å². The molecule has 0 saturated carbocycles.